The van der Waals surface area contributed by atoms with Crippen molar-refractivity contribution in [1.82, 2.24) is 40.4 Å². The highest BCUT2D eigenvalue weighted by molar-refractivity contribution is 7.31. The van der Waals surface area contributed by atoms with E-state index < -0.39 is 24.3 Å². The smallest absolute Gasteiger partial charge is 0.407 e. The molecule has 0 saturated heterocycles. The summed E-state index contributed by atoms with van der Waals surface area (Å²) in [5.41, 5.74) is 3.77. The molecule has 2 aliphatic rings. The number of hydrogen-bond acceptors (Lipinski definition) is 10. The summed E-state index contributed by atoms with van der Waals surface area (Å²) < 4.78 is 11.8. The van der Waals surface area contributed by atoms with Gasteiger partial charge in [0, 0.05) is 27.4 Å². The Balaban J connectivity index is 1.02. The molecular formula is C40H44N8O6S2. The first-order valence-corrected chi connectivity index (χ1v) is 20.0. The summed E-state index contributed by atoms with van der Waals surface area (Å²) in [6.45, 7) is 8.37. The molecule has 4 N–H and O–H groups in total. The summed E-state index contributed by atoms with van der Waals surface area (Å²) in [6.07, 6.45) is 10.1. The highest BCUT2D eigenvalue weighted by Crippen LogP contribution is 2.42. The lowest BCUT2D eigenvalue weighted by Gasteiger charge is -2.29. The summed E-state index contributed by atoms with van der Waals surface area (Å²) in [6, 6.07) is 10.5. The molecule has 4 atom stereocenters. The standard InChI is InChI=1S/C40H44N8O6S2/c1-21(2)33(45-39(51)53-5)37(49)47-15-7-9-27(47)35-41-19-25(43-35)23-11-13-24(14-12-23)29-17-31-32(55-29)18-30(56-31)26-20-42-36(44-26)28-10-8-16-48(28)38(50)34(22(3)4)46-40(52)54-6/h7-14,17-22,27-28,33-34H,15-16H2,1-6H3,(H,41,43)(H,42,44)(H,45,51)(H,46,52)/t27-,28-,33?,34-/m0/s1. The molecule has 14 nitrogen and oxygen atoms in total. The average molecular weight is 797 g/mol. The number of hydrogen-bond donors (Lipinski definition) is 4. The number of thiophene rings is 2. The van der Waals surface area contributed by atoms with Gasteiger partial charge < -0.3 is 39.9 Å². The van der Waals surface area contributed by atoms with E-state index in [-0.39, 0.29) is 35.7 Å². The zero-order valence-electron chi connectivity index (χ0n) is 31.9. The minimum atomic E-state index is -0.726. The Labute approximate surface area is 332 Å². The Morgan fingerprint density at radius 3 is 1.64 bits per heavy atom. The molecule has 0 aliphatic carbocycles. The zero-order chi connectivity index (χ0) is 39.7. The van der Waals surface area contributed by atoms with E-state index in [1.165, 1.54) is 14.2 Å². The SMILES string of the molecule is COC(=O)NC(C(=O)N1CC=C[C@H]1c1ncc(-c2ccc(-c3cc4sc(-c5cnc([C@@H]6C=CCN6C(=O)[C@@H](NC(=O)OC)C(C)C)[nH]5)cc4s3)cc2)[nH]1)C(C)C. The van der Waals surface area contributed by atoms with Gasteiger partial charge >= 0.3 is 12.2 Å². The van der Waals surface area contributed by atoms with E-state index in [1.54, 1.807) is 44.9 Å². The average Bonchev–Trinajstić information content (AvgIpc) is 4.04. The zero-order valence-corrected chi connectivity index (χ0v) is 33.5. The van der Waals surface area contributed by atoms with Gasteiger partial charge in [0.1, 0.15) is 35.8 Å². The fourth-order valence-electron chi connectivity index (χ4n) is 6.90. The second kappa shape index (κ2) is 16.2. The molecule has 292 valence electrons. The number of carbonyl (C=O) groups excluding carboxylic acids is 4. The molecular weight excluding hydrogens is 753 g/mol. The number of nitrogens with one attached hydrogen (secondary N) is 4. The first-order valence-electron chi connectivity index (χ1n) is 18.3. The predicted molar refractivity (Wildman–Crippen MR) is 216 cm³/mol. The molecule has 6 heterocycles. The second-order valence-corrected chi connectivity index (χ2v) is 16.5. The van der Waals surface area contributed by atoms with Gasteiger partial charge in [0.15, 0.2) is 0 Å². The molecule has 4 aromatic heterocycles. The maximum atomic E-state index is 13.5. The third kappa shape index (κ3) is 7.71. The summed E-state index contributed by atoms with van der Waals surface area (Å²) >= 11 is 3.39. The van der Waals surface area contributed by atoms with Crippen molar-refractivity contribution < 1.29 is 28.7 Å². The van der Waals surface area contributed by atoms with Gasteiger partial charge in [-0.25, -0.2) is 19.6 Å². The quantitative estimate of drug-likeness (QED) is 0.103. The van der Waals surface area contributed by atoms with E-state index in [9.17, 15) is 19.2 Å². The van der Waals surface area contributed by atoms with Gasteiger partial charge in [-0.2, -0.15) is 0 Å². The maximum Gasteiger partial charge on any atom is 0.407 e. The van der Waals surface area contributed by atoms with Gasteiger partial charge in [-0.15, -0.1) is 22.7 Å². The van der Waals surface area contributed by atoms with Crippen LogP contribution in [0, 0.1) is 11.8 Å². The van der Waals surface area contributed by atoms with Crippen LogP contribution in [-0.4, -0.2) is 93.1 Å². The van der Waals surface area contributed by atoms with E-state index in [0.717, 1.165) is 41.7 Å². The lowest BCUT2D eigenvalue weighted by Crippen LogP contribution is -2.51. The molecule has 0 saturated carbocycles. The van der Waals surface area contributed by atoms with Crippen LogP contribution in [0.15, 0.2) is 73.1 Å². The van der Waals surface area contributed by atoms with E-state index in [2.05, 4.69) is 67.0 Å². The van der Waals surface area contributed by atoms with Crippen LogP contribution < -0.4 is 10.6 Å². The van der Waals surface area contributed by atoms with Crippen molar-refractivity contribution in [2.45, 2.75) is 51.9 Å². The number of alkyl carbamates (subject to hydrolysis) is 2. The van der Waals surface area contributed by atoms with Crippen LogP contribution in [0.25, 0.3) is 41.7 Å². The topological polar surface area (TPSA) is 175 Å². The van der Waals surface area contributed by atoms with Gasteiger partial charge in [-0.05, 0) is 35.1 Å². The fraction of sp³-hybridized carbons (Fsp3) is 0.350. The van der Waals surface area contributed by atoms with Gasteiger partial charge in [-0.3, -0.25) is 9.59 Å². The van der Waals surface area contributed by atoms with Crippen molar-refractivity contribution in [2.75, 3.05) is 27.3 Å². The van der Waals surface area contributed by atoms with Crippen LogP contribution in [0.2, 0.25) is 0 Å². The summed E-state index contributed by atoms with van der Waals surface area (Å²) in [5.74, 6) is 0.642. The molecule has 0 bridgehead atoms. The van der Waals surface area contributed by atoms with Crippen molar-refractivity contribution in [3.8, 4) is 32.3 Å². The first kappa shape index (κ1) is 38.5. The molecule has 5 aromatic rings. The Kier molecular flexibility index (Phi) is 11.1. The lowest BCUT2D eigenvalue weighted by molar-refractivity contribution is -0.135. The highest BCUT2D eigenvalue weighted by atomic mass is 32.1. The number of aromatic amines is 2. The number of nitrogens with zero attached hydrogens (tertiary/aromatic N) is 4. The molecule has 0 radical (unpaired) electrons. The van der Waals surface area contributed by atoms with Crippen LogP contribution in [0.4, 0.5) is 9.59 Å². The van der Waals surface area contributed by atoms with E-state index in [1.807, 2.05) is 52.0 Å². The fourth-order valence-corrected chi connectivity index (χ4v) is 9.27. The number of H-pyrrole nitrogens is 2. The summed E-state index contributed by atoms with van der Waals surface area (Å²) in [4.78, 5) is 72.6. The van der Waals surface area contributed by atoms with E-state index >= 15 is 0 Å². The van der Waals surface area contributed by atoms with Crippen molar-refractivity contribution in [1.29, 1.82) is 0 Å². The molecule has 56 heavy (non-hydrogen) atoms. The molecule has 0 fully saturated rings. The molecule has 1 aromatic carbocycles. The number of aromatic nitrogens is 4. The van der Waals surface area contributed by atoms with Crippen LogP contribution >= 0.6 is 22.7 Å². The highest BCUT2D eigenvalue weighted by Gasteiger charge is 2.37. The Bertz CT molecular complexity index is 2270. The van der Waals surface area contributed by atoms with Crippen LogP contribution in [0.3, 0.4) is 0 Å². The lowest BCUT2D eigenvalue weighted by atomic mass is 10.0. The Hall–Kier alpha value is -5.74. The largest absolute Gasteiger partial charge is 0.453 e. The number of methoxy groups -OCH3 is 2. The summed E-state index contributed by atoms with van der Waals surface area (Å²) in [5, 5.41) is 5.34. The first-order chi connectivity index (χ1) is 26.9. The maximum absolute atomic E-state index is 13.5. The normalized spacial score (nSPS) is 17.6. The molecule has 7 rings (SSSR count). The molecule has 1 unspecified atom stereocenters. The minimum Gasteiger partial charge on any atom is -0.453 e. The predicted octanol–water partition coefficient (Wildman–Crippen LogP) is 7.05. The monoisotopic (exact) mass is 796 g/mol. The van der Waals surface area contributed by atoms with Crippen LogP contribution in [0.1, 0.15) is 51.4 Å². The van der Waals surface area contributed by atoms with Crippen LogP contribution in [0.5, 0.6) is 0 Å². The number of ether oxygens (including phenoxy) is 2. The number of carbonyl (C=O) groups is 4. The molecule has 2 aliphatic heterocycles. The van der Waals surface area contributed by atoms with Gasteiger partial charge in [0.2, 0.25) is 11.8 Å². The van der Waals surface area contributed by atoms with Gasteiger partial charge in [0.25, 0.3) is 0 Å². The number of fused-ring (bicyclic) bond motifs is 1. The molecule has 16 heteroatoms. The number of rotatable bonds is 11. The molecule has 0 spiro atoms. The Morgan fingerprint density at radius 2 is 1.14 bits per heavy atom. The Morgan fingerprint density at radius 1 is 0.696 bits per heavy atom. The number of benzene rings is 1. The number of amides is 4. The van der Waals surface area contributed by atoms with Crippen molar-refractivity contribution in [2.24, 2.45) is 11.8 Å². The third-order valence-electron chi connectivity index (χ3n) is 9.97. The molecule has 4 amide bonds. The van der Waals surface area contributed by atoms with Crippen molar-refractivity contribution >= 4 is 56.1 Å². The van der Waals surface area contributed by atoms with Gasteiger partial charge in [0.05, 0.1) is 42.9 Å². The third-order valence-corrected chi connectivity index (χ3v) is 12.3. The van der Waals surface area contributed by atoms with Crippen molar-refractivity contribution in [3.05, 3.63) is 84.7 Å². The van der Waals surface area contributed by atoms with Crippen LogP contribution in [-0.2, 0) is 19.1 Å². The van der Waals surface area contributed by atoms with E-state index in [0.29, 0.717) is 24.7 Å². The van der Waals surface area contributed by atoms with Crippen molar-refractivity contribution in [3.63, 3.8) is 0 Å². The second-order valence-electron chi connectivity index (χ2n) is 14.3. The minimum absolute atomic E-state index is 0.129. The number of imidazole rings is 2. The van der Waals surface area contributed by atoms with Gasteiger partial charge in [-0.1, -0.05) is 76.3 Å². The summed E-state index contributed by atoms with van der Waals surface area (Å²) in [7, 11) is 2.56. The van der Waals surface area contributed by atoms with E-state index in [4.69, 9.17) is 9.47 Å².